The van der Waals surface area contributed by atoms with E-state index in [0.29, 0.717) is 6.04 Å². The van der Waals surface area contributed by atoms with Crippen molar-refractivity contribution >= 4 is 22.7 Å². The molecular weight excluding hydrogens is 250 g/mol. The molecule has 1 unspecified atom stereocenters. The summed E-state index contributed by atoms with van der Waals surface area (Å²) in [4.78, 5) is 10.0. The molecule has 2 rings (SSSR count). The molecule has 0 bridgehead atoms. The lowest BCUT2D eigenvalue weighted by molar-refractivity contribution is 0.535. The Hall–Kier alpha value is -0.780. The van der Waals surface area contributed by atoms with E-state index in [0.717, 1.165) is 24.4 Å². The highest BCUT2D eigenvalue weighted by Gasteiger charge is 2.15. The maximum atomic E-state index is 4.36. The molecule has 0 aliphatic heterocycles. The molecule has 0 saturated heterocycles. The van der Waals surface area contributed by atoms with Crippen LogP contribution in [-0.4, -0.2) is 16.5 Å². The van der Waals surface area contributed by atoms with Crippen LogP contribution in [0.1, 0.15) is 34.3 Å². The van der Waals surface area contributed by atoms with Gasteiger partial charge in [0.2, 0.25) is 0 Å². The maximum Gasteiger partial charge on any atom is 0.0944 e. The van der Waals surface area contributed by atoms with Crippen molar-refractivity contribution in [1.29, 1.82) is 0 Å². The SMILES string of the molecule is CCCNC(Cc1nccs1)c1cnc(C)s1. The number of thiazole rings is 2. The third-order valence-corrected chi connectivity index (χ3v) is 4.31. The summed E-state index contributed by atoms with van der Waals surface area (Å²) in [6.07, 6.45) is 5.96. The van der Waals surface area contributed by atoms with Gasteiger partial charge in [-0.2, -0.15) is 0 Å². The minimum absolute atomic E-state index is 0.354. The molecule has 0 aromatic carbocycles. The van der Waals surface area contributed by atoms with E-state index in [1.165, 1.54) is 9.88 Å². The Morgan fingerprint density at radius 2 is 2.29 bits per heavy atom. The van der Waals surface area contributed by atoms with Crippen molar-refractivity contribution < 1.29 is 0 Å². The highest BCUT2D eigenvalue weighted by molar-refractivity contribution is 7.11. The molecule has 0 radical (unpaired) electrons. The molecule has 92 valence electrons. The first-order chi connectivity index (χ1) is 8.29. The van der Waals surface area contributed by atoms with Gasteiger partial charge in [0.15, 0.2) is 0 Å². The van der Waals surface area contributed by atoms with Crippen molar-refractivity contribution in [3.05, 3.63) is 32.7 Å². The van der Waals surface area contributed by atoms with E-state index >= 15 is 0 Å². The third kappa shape index (κ3) is 3.59. The van der Waals surface area contributed by atoms with Crippen LogP contribution in [0.15, 0.2) is 17.8 Å². The molecule has 0 fully saturated rings. The van der Waals surface area contributed by atoms with Crippen molar-refractivity contribution in [2.45, 2.75) is 32.7 Å². The van der Waals surface area contributed by atoms with Gasteiger partial charge in [-0.05, 0) is 19.9 Å². The van der Waals surface area contributed by atoms with E-state index in [1.807, 2.05) is 17.8 Å². The Morgan fingerprint density at radius 3 is 2.88 bits per heavy atom. The number of aromatic nitrogens is 2. The van der Waals surface area contributed by atoms with Crippen LogP contribution >= 0.6 is 22.7 Å². The first-order valence-corrected chi connectivity index (χ1v) is 7.53. The molecule has 5 heteroatoms. The van der Waals surface area contributed by atoms with Crippen LogP contribution in [0.5, 0.6) is 0 Å². The third-order valence-electron chi connectivity index (χ3n) is 2.49. The summed E-state index contributed by atoms with van der Waals surface area (Å²) in [7, 11) is 0. The Kier molecular flexibility index (Phi) is 4.65. The Labute approximate surface area is 110 Å². The fraction of sp³-hybridized carbons (Fsp3) is 0.500. The van der Waals surface area contributed by atoms with E-state index in [-0.39, 0.29) is 0 Å². The summed E-state index contributed by atoms with van der Waals surface area (Å²) in [6, 6.07) is 0.354. The molecular formula is C12H17N3S2. The molecule has 2 aromatic rings. The zero-order valence-corrected chi connectivity index (χ0v) is 11.8. The van der Waals surface area contributed by atoms with Gasteiger partial charge in [-0.15, -0.1) is 22.7 Å². The van der Waals surface area contributed by atoms with E-state index in [4.69, 9.17) is 0 Å². The minimum atomic E-state index is 0.354. The molecule has 0 amide bonds. The number of rotatable bonds is 6. The van der Waals surface area contributed by atoms with E-state index < -0.39 is 0 Å². The second kappa shape index (κ2) is 6.23. The topological polar surface area (TPSA) is 37.8 Å². The predicted octanol–water partition coefficient (Wildman–Crippen LogP) is 3.19. The standard InChI is InChI=1S/C12H17N3S2/c1-3-4-13-10(7-12-14-5-6-16-12)11-8-15-9(2)17-11/h5-6,8,10,13H,3-4,7H2,1-2H3. The Bertz CT molecular complexity index is 436. The van der Waals surface area contributed by atoms with Crippen LogP contribution in [-0.2, 0) is 6.42 Å². The number of hydrogen-bond donors (Lipinski definition) is 1. The Balaban J connectivity index is 2.07. The molecule has 1 atom stereocenters. The van der Waals surface area contributed by atoms with Gasteiger partial charge < -0.3 is 5.32 Å². The number of nitrogens with zero attached hydrogens (tertiary/aromatic N) is 2. The van der Waals surface area contributed by atoms with Gasteiger partial charge in [-0.25, -0.2) is 9.97 Å². The van der Waals surface area contributed by atoms with Gasteiger partial charge in [0, 0.05) is 35.1 Å². The second-order valence-corrected chi connectivity index (χ2v) is 6.16. The molecule has 3 nitrogen and oxygen atoms in total. The Morgan fingerprint density at radius 1 is 1.41 bits per heavy atom. The summed E-state index contributed by atoms with van der Waals surface area (Å²) in [5.74, 6) is 0. The largest absolute Gasteiger partial charge is 0.309 e. The summed E-state index contributed by atoms with van der Waals surface area (Å²) in [6.45, 7) is 5.27. The average Bonchev–Trinajstić information content (AvgIpc) is 2.95. The van der Waals surface area contributed by atoms with Gasteiger partial charge in [0.05, 0.1) is 10.0 Å². The van der Waals surface area contributed by atoms with Gasteiger partial charge in [0.25, 0.3) is 0 Å². The maximum absolute atomic E-state index is 4.36. The number of nitrogens with one attached hydrogen (secondary N) is 1. The molecule has 0 aliphatic rings. The lowest BCUT2D eigenvalue weighted by atomic mass is 10.2. The van der Waals surface area contributed by atoms with E-state index in [9.17, 15) is 0 Å². The van der Waals surface area contributed by atoms with Crippen LogP contribution in [0.25, 0.3) is 0 Å². The lowest BCUT2D eigenvalue weighted by Gasteiger charge is -2.15. The molecule has 0 spiro atoms. The van der Waals surface area contributed by atoms with Crippen molar-refractivity contribution in [3.63, 3.8) is 0 Å². The zero-order valence-electron chi connectivity index (χ0n) is 10.1. The van der Waals surface area contributed by atoms with Crippen LogP contribution in [0.2, 0.25) is 0 Å². The molecule has 1 N–H and O–H groups in total. The second-order valence-electron chi connectivity index (χ2n) is 3.92. The normalized spacial score (nSPS) is 12.8. The van der Waals surface area contributed by atoms with Gasteiger partial charge >= 0.3 is 0 Å². The smallest absolute Gasteiger partial charge is 0.0944 e. The van der Waals surface area contributed by atoms with Crippen LogP contribution < -0.4 is 5.32 Å². The van der Waals surface area contributed by atoms with Crippen molar-refractivity contribution in [2.75, 3.05) is 6.54 Å². The predicted molar refractivity (Wildman–Crippen MR) is 73.7 cm³/mol. The van der Waals surface area contributed by atoms with Crippen LogP contribution in [0.4, 0.5) is 0 Å². The highest BCUT2D eigenvalue weighted by Crippen LogP contribution is 2.24. The highest BCUT2D eigenvalue weighted by atomic mass is 32.1. The fourth-order valence-electron chi connectivity index (χ4n) is 1.66. The molecule has 2 aromatic heterocycles. The monoisotopic (exact) mass is 267 g/mol. The van der Waals surface area contributed by atoms with Crippen molar-refractivity contribution in [2.24, 2.45) is 0 Å². The first kappa shape index (κ1) is 12.7. The first-order valence-electron chi connectivity index (χ1n) is 5.83. The molecule has 17 heavy (non-hydrogen) atoms. The summed E-state index contributed by atoms with van der Waals surface area (Å²) in [5, 5.41) is 7.92. The molecule has 0 saturated carbocycles. The van der Waals surface area contributed by atoms with E-state index in [2.05, 4.69) is 29.1 Å². The van der Waals surface area contributed by atoms with Crippen LogP contribution in [0, 0.1) is 6.92 Å². The van der Waals surface area contributed by atoms with Crippen molar-refractivity contribution in [3.8, 4) is 0 Å². The molecule has 2 heterocycles. The number of aryl methyl sites for hydroxylation is 1. The summed E-state index contributed by atoms with van der Waals surface area (Å²) < 4.78 is 0. The van der Waals surface area contributed by atoms with Gasteiger partial charge in [0.1, 0.15) is 0 Å². The zero-order chi connectivity index (χ0) is 12.1. The van der Waals surface area contributed by atoms with Gasteiger partial charge in [-0.1, -0.05) is 6.92 Å². The minimum Gasteiger partial charge on any atom is -0.309 e. The average molecular weight is 267 g/mol. The number of hydrogen-bond acceptors (Lipinski definition) is 5. The fourth-order valence-corrected chi connectivity index (χ4v) is 3.18. The van der Waals surface area contributed by atoms with E-state index in [1.54, 1.807) is 22.7 Å². The summed E-state index contributed by atoms with van der Waals surface area (Å²) >= 11 is 3.49. The lowest BCUT2D eigenvalue weighted by Crippen LogP contribution is -2.23. The molecule has 0 aliphatic carbocycles. The van der Waals surface area contributed by atoms with Crippen LogP contribution in [0.3, 0.4) is 0 Å². The quantitative estimate of drug-likeness (QED) is 0.873. The van der Waals surface area contributed by atoms with Crippen molar-refractivity contribution in [1.82, 2.24) is 15.3 Å². The summed E-state index contributed by atoms with van der Waals surface area (Å²) in [5.41, 5.74) is 0. The van der Waals surface area contributed by atoms with Gasteiger partial charge in [-0.3, -0.25) is 0 Å².